The van der Waals surface area contributed by atoms with Crippen LogP contribution in [0.2, 0.25) is 0 Å². The summed E-state index contributed by atoms with van der Waals surface area (Å²) in [4.78, 5) is 9.09. The van der Waals surface area contributed by atoms with Crippen LogP contribution in [0, 0.1) is 12.8 Å². The van der Waals surface area contributed by atoms with Crippen LogP contribution in [-0.2, 0) is 6.42 Å². The van der Waals surface area contributed by atoms with Crippen molar-refractivity contribution < 1.29 is 0 Å². The van der Waals surface area contributed by atoms with Crippen molar-refractivity contribution in [3.63, 3.8) is 0 Å². The van der Waals surface area contributed by atoms with Gasteiger partial charge in [-0.05, 0) is 19.3 Å². The number of anilines is 2. The van der Waals surface area contributed by atoms with Gasteiger partial charge in [0.25, 0.3) is 0 Å². The molecule has 0 unspecified atom stereocenters. The molecule has 0 aromatic carbocycles. The minimum atomic E-state index is 0.608. The summed E-state index contributed by atoms with van der Waals surface area (Å²) in [6.07, 6.45) is 1.99. The molecule has 0 aliphatic carbocycles. The van der Waals surface area contributed by atoms with Crippen LogP contribution in [0.4, 0.5) is 11.6 Å². The first-order chi connectivity index (χ1) is 8.08. The van der Waals surface area contributed by atoms with Gasteiger partial charge in [-0.1, -0.05) is 20.8 Å². The Bertz CT molecular complexity index is 361. The zero-order valence-electron chi connectivity index (χ0n) is 11.6. The second-order valence-corrected chi connectivity index (χ2v) is 4.74. The highest BCUT2D eigenvalue weighted by Gasteiger charge is 2.09. The molecule has 1 aromatic heterocycles. The minimum Gasteiger partial charge on any atom is -0.373 e. The first kappa shape index (κ1) is 13.7. The quantitative estimate of drug-likeness (QED) is 0.797. The highest BCUT2D eigenvalue weighted by atomic mass is 15.1. The van der Waals surface area contributed by atoms with Gasteiger partial charge in [-0.2, -0.15) is 0 Å². The molecule has 1 rings (SSSR count). The second kappa shape index (κ2) is 6.42. The summed E-state index contributed by atoms with van der Waals surface area (Å²) in [7, 11) is 1.90. The molecule has 0 fully saturated rings. The van der Waals surface area contributed by atoms with Crippen molar-refractivity contribution in [3.8, 4) is 0 Å². The van der Waals surface area contributed by atoms with Crippen LogP contribution in [0.25, 0.3) is 0 Å². The number of nitrogens with zero attached hydrogens (tertiary/aromatic N) is 2. The van der Waals surface area contributed by atoms with E-state index in [1.54, 1.807) is 0 Å². The number of nitrogens with one attached hydrogen (secondary N) is 2. The number of hydrogen-bond donors (Lipinski definition) is 2. The predicted molar refractivity (Wildman–Crippen MR) is 73.6 cm³/mol. The minimum absolute atomic E-state index is 0.608. The van der Waals surface area contributed by atoms with E-state index in [0.29, 0.717) is 5.92 Å². The number of aryl methyl sites for hydroxylation is 1. The van der Waals surface area contributed by atoms with Gasteiger partial charge in [0.05, 0.1) is 0 Å². The Morgan fingerprint density at radius 1 is 1.18 bits per heavy atom. The Hall–Kier alpha value is -1.32. The molecule has 0 saturated heterocycles. The van der Waals surface area contributed by atoms with Crippen molar-refractivity contribution in [2.45, 2.75) is 40.5 Å². The molecule has 0 aliphatic heterocycles. The zero-order valence-corrected chi connectivity index (χ0v) is 11.6. The maximum absolute atomic E-state index is 4.58. The van der Waals surface area contributed by atoms with Gasteiger partial charge in [-0.15, -0.1) is 0 Å². The Labute approximate surface area is 104 Å². The van der Waals surface area contributed by atoms with E-state index in [1.165, 1.54) is 0 Å². The zero-order chi connectivity index (χ0) is 12.8. The molecule has 0 amide bonds. The van der Waals surface area contributed by atoms with E-state index in [1.807, 2.05) is 14.0 Å². The highest BCUT2D eigenvalue weighted by molar-refractivity contribution is 5.56. The molecule has 0 spiro atoms. The van der Waals surface area contributed by atoms with Gasteiger partial charge >= 0.3 is 0 Å². The predicted octanol–water partition coefficient (Wildman–Crippen LogP) is 2.85. The van der Waals surface area contributed by atoms with Gasteiger partial charge in [0, 0.05) is 25.6 Å². The van der Waals surface area contributed by atoms with Gasteiger partial charge in [0.2, 0.25) is 0 Å². The van der Waals surface area contributed by atoms with Gasteiger partial charge in [-0.25, -0.2) is 9.97 Å². The summed E-state index contributed by atoms with van der Waals surface area (Å²) in [5.41, 5.74) is 1.09. The average Bonchev–Trinajstić information content (AvgIpc) is 2.29. The highest BCUT2D eigenvalue weighted by Crippen LogP contribution is 2.20. The monoisotopic (exact) mass is 236 g/mol. The Morgan fingerprint density at radius 2 is 1.82 bits per heavy atom. The molecule has 0 aliphatic rings. The fourth-order valence-corrected chi connectivity index (χ4v) is 1.61. The van der Waals surface area contributed by atoms with Crippen LogP contribution >= 0.6 is 0 Å². The van der Waals surface area contributed by atoms with Gasteiger partial charge in [0.1, 0.15) is 17.5 Å². The summed E-state index contributed by atoms with van der Waals surface area (Å²) in [5.74, 6) is 3.40. The Kier molecular flexibility index (Phi) is 5.19. The maximum atomic E-state index is 4.58. The lowest BCUT2D eigenvalue weighted by atomic mass is 10.2. The first-order valence-electron chi connectivity index (χ1n) is 6.37. The SMILES string of the molecule is CCCc1nc(NC)c(C)c(NCC(C)C)n1. The van der Waals surface area contributed by atoms with Crippen LogP contribution in [0.1, 0.15) is 38.6 Å². The molecule has 96 valence electrons. The standard InChI is InChI=1S/C13H24N4/c1-6-7-11-16-12(14-5)10(4)13(17-11)15-8-9(2)3/h9H,6-8H2,1-5H3,(H2,14,15,16,17). The third-order valence-corrected chi connectivity index (χ3v) is 2.58. The van der Waals surface area contributed by atoms with Crippen molar-refractivity contribution in [2.24, 2.45) is 5.92 Å². The number of aromatic nitrogens is 2. The number of rotatable bonds is 6. The molecule has 1 aromatic rings. The molecule has 0 radical (unpaired) electrons. The molecule has 1 heterocycles. The lowest BCUT2D eigenvalue weighted by molar-refractivity contribution is 0.685. The molecular formula is C13H24N4. The Morgan fingerprint density at radius 3 is 2.35 bits per heavy atom. The fraction of sp³-hybridized carbons (Fsp3) is 0.692. The van der Waals surface area contributed by atoms with Crippen molar-refractivity contribution >= 4 is 11.6 Å². The summed E-state index contributed by atoms with van der Waals surface area (Å²) >= 11 is 0. The van der Waals surface area contributed by atoms with Crippen LogP contribution in [0.15, 0.2) is 0 Å². The van der Waals surface area contributed by atoms with E-state index in [0.717, 1.165) is 42.4 Å². The van der Waals surface area contributed by atoms with Crippen molar-refractivity contribution in [1.82, 2.24) is 9.97 Å². The molecule has 17 heavy (non-hydrogen) atoms. The average molecular weight is 236 g/mol. The number of hydrogen-bond acceptors (Lipinski definition) is 4. The van der Waals surface area contributed by atoms with Crippen LogP contribution in [0.5, 0.6) is 0 Å². The Balaban J connectivity index is 2.96. The van der Waals surface area contributed by atoms with Crippen molar-refractivity contribution in [1.29, 1.82) is 0 Å². The van der Waals surface area contributed by atoms with Gasteiger partial charge in [0.15, 0.2) is 0 Å². The van der Waals surface area contributed by atoms with E-state index in [4.69, 9.17) is 0 Å². The van der Waals surface area contributed by atoms with Crippen LogP contribution < -0.4 is 10.6 Å². The molecule has 4 nitrogen and oxygen atoms in total. The normalized spacial score (nSPS) is 10.7. The van der Waals surface area contributed by atoms with Crippen molar-refractivity contribution in [3.05, 3.63) is 11.4 Å². The van der Waals surface area contributed by atoms with E-state index in [2.05, 4.69) is 41.4 Å². The molecular weight excluding hydrogens is 212 g/mol. The van der Waals surface area contributed by atoms with Crippen LogP contribution in [-0.4, -0.2) is 23.6 Å². The van der Waals surface area contributed by atoms with Crippen molar-refractivity contribution in [2.75, 3.05) is 24.2 Å². The third-order valence-electron chi connectivity index (χ3n) is 2.58. The molecule has 0 bridgehead atoms. The first-order valence-corrected chi connectivity index (χ1v) is 6.37. The lowest BCUT2D eigenvalue weighted by Gasteiger charge is -2.14. The summed E-state index contributed by atoms with van der Waals surface area (Å²) in [5, 5.41) is 6.53. The summed E-state index contributed by atoms with van der Waals surface area (Å²) in [6, 6.07) is 0. The molecule has 0 saturated carbocycles. The summed E-state index contributed by atoms with van der Waals surface area (Å²) in [6.45, 7) is 9.51. The molecule has 4 heteroatoms. The van der Waals surface area contributed by atoms with Gasteiger partial charge in [-0.3, -0.25) is 0 Å². The smallest absolute Gasteiger partial charge is 0.134 e. The maximum Gasteiger partial charge on any atom is 0.134 e. The van der Waals surface area contributed by atoms with Crippen LogP contribution in [0.3, 0.4) is 0 Å². The topological polar surface area (TPSA) is 49.8 Å². The summed E-state index contributed by atoms with van der Waals surface area (Å²) < 4.78 is 0. The van der Waals surface area contributed by atoms with E-state index in [9.17, 15) is 0 Å². The largest absolute Gasteiger partial charge is 0.373 e. The molecule has 2 N–H and O–H groups in total. The third kappa shape index (κ3) is 3.88. The fourth-order valence-electron chi connectivity index (χ4n) is 1.61. The molecule has 0 atom stereocenters. The van der Waals surface area contributed by atoms with Gasteiger partial charge < -0.3 is 10.6 Å². The van der Waals surface area contributed by atoms with E-state index in [-0.39, 0.29) is 0 Å². The van der Waals surface area contributed by atoms with E-state index >= 15 is 0 Å². The van der Waals surface area contributed by atoms with E-state index < -0.39 is 0 Å². The second-order valence-electron chi connectivity index (χ2n) is 4.74. The lowest BCUT2D eigenvalue weighted by Crippen LogP contribution is -2.13.